The summed E-state index contributed by atoms with van der Waals surface area (Å²) in [6, 6.07) is 11.3. The molecule has 1 atom stereocenters. The number of hydrogen-bond donors (Lipinski definition) is 1. The van der Waals surface area contributed by atoms with Crippen molar-refractivity contribution >= 4 is 39.1 Å². The van der Waals surface area contributed by atoms with Crippen molar-refractivity contribution in [1.82, 2.24) is 10.2 Å². The maximum Gasteiger partial charge on any atom is 0.244 e. The largest absolute Gasteiger partial charge is 0.354 e. The van der Waals surface area contributed by atoms with E-state index in [1.54, 1.807) is 31.2 Å². The highest BCUT2D eigenvalue weighted by molar-refractivity contribution is 7.92. The van der Waals surface area contributed by atoms with E-state index in [1.807, 2.05) is 6.92 Å². The van der Waals surface area contributed by atoms with Crippen molar-refractivity contribution in [1.29, 1.82) is 0 Å². The van der Waals surface area contributed by atoms with E-state index in [0.29, 0.717) is 23.6 Å². The Morgan fingerprint density at radius 3 is 2.27 bits per heavy atom. The molecule has 0 heterocycles. The molecule has 0 saturated carbocycles. The maximum atomic E-state index is 14.4. The predicted molar refractivity (Wildman–Crippen MR) is 128 cm³/mol. The van der Waals surface area contributed by atoms with Gasteiger partial charge in [-0.25, -0.2) is 12.8 Å². The predicted octanol–water partition coefficient (Wildman–Crippen LogP) is 3.58. The minimum absolute atomic E-state index is 0.0585. The van der Waals surface area contributed by atoms with E-state index in [0.717, 1.165) is 23.0 Å². The van der Waals surface area contributed by atoms with Crippen LogP contribution in [-0.4, -0.2) is 50.5 Å². The topological polar surface area (TPSA) is 86.8 Å². The lowest BCUT2D eigenvalue weighted by molar-refractivity contribution is -0.140. The standard InChI is InChI=1S/C23H29ClFN3O4S/c1-4-14-26-23(30)20(5-2)27(15-17-10-12-18(24)13-11-17)22(29)16-28(33(3,31)32)21-9-7-6-8-19(21)25/h6-13,20H,4-5,14-16H2,1-3H3,(H,26,30)/t20-/m0/s1. The molecule has 180 valence electrons. The van der Waals surface area contributed by atoms with Crippen LogP contribution in [0.1, 0.15) is 32.3 Å². The Bertz CT molecular complexity index is 1060. The summed E-state index contributed by atoms with van der Waals surface area (Å²) in [5.41, 5.74) is 0.481. The number of sulfonamides is 1. The highest BCUT2D eigenvalue weighted by Crippen LogP contribution is 2.23. The van der Waals surface area contributed by atoms with Crippen LogP contribution in [-0.2, 0) is 26.2 Å². The average Bonchev–Trinajstić information content (AvgIpc) is 2.77. The maximum absolute atomic E-state index is 14.4. The normalized spacial score (nSPS) is 12.2. The number of rotatable bonds is 11. The van der Waals surface area contributed by atoms with Crippen molar-refractivity contribution in [2.75, 3.05) is 23.7 Å². The number of para-hydroxylation sites is 1. The molecule has 2 rings (SSSR count). The van der Waals surface area contributed by atoms with Gasteiger partial charge in [0.25, 0.3) is 0 Å². The molecular formula is C23H29ClFN3O4S. The molecule has 2 aromatic rings. The SMILES string of the molecule is CCCNC(=O)[C@H](CC)N(Cc1ccc(Cl)cc1)C(=O)CN(c1ccccc1F)S(C)(=O)=O. The van der Waals surface area contributed by atoms with Gasteiger partial charge < -0.3 is 10.2 Å². The first-order chi connectivity index (χ1) is 15.6. The first-order valence-electron chi connectivity index (χ1n) is 10.6. The van der Waals surface area contributed by atoms with Gasteiger partial charge >= 0.3 is 0 Å². The number of nitrogens with one attached hydrogen (secondary N) is 1. The summed E-state index contributed by atoms with van der Waals surface area (Å²) < 4.78 is 40.0. The Morgan fingerprint density at radius 1 is 1.09 bits per heavy atom. The zero-order chi connectivity index (χ0) is 24.6. The molecule has 2 aromatic carbocycles. The molecular weight excluding hydrogens is 469 g/mol. The zero-order valence-electron chi connectivity index (χ0n) is 18.9. The van der Waals surface area contributed by atoms with Crippen LogP contribution < -0.4 is 9.62 Å². The molecule has 1 N–H and O–H groups in total. The van der Waals surface area contributed by atoms with Gasteiger partial charge in [0.05, 0.1) is 11.9 Å². The van der Waals surface area contributed by atoms with Crippen molar-refractivity contribution in [2.24, 2.45) is 0 Å². The van der Waals surface area contributed by atoms with Crippen molar-refractivity contribution < 1.29 is 22.4 Å². The summed E-state index contributed by atoms with van der Waals surface area (Å²) >= 11 is 5.96. The number of nitrogens with zero attached hydrogens (tertiary/aromatic N) is 2. The summed E-state index contributed by atoms with van der Waals surface area (Å²) in [5.74, 6) is -1.73. The molecule has 0 saturated heterocycles. The first-order valence-corrected chi connectivity index (χ1v) is 12.8. The molecule has 0 fully saturated rings. The van der Waals surface area contributed by atoms with Crippen molar-refractivity contribution in [3.8, 4) is 0 Å². The molecule has 0 aliphatic carbocycles. The summed E-state index contributed by atoms with van der Waals surface area (Å²) in [4.78, 5) is 27.6. The van der Waals surface area contributed by atoms with E-state index in [9.17, 15) is 22.4 Å². The minimum Gasteiger partial charge on any atom is -0.354 e. The third-order valence-corrected chi connectivity index (χ3v) is 6.38. The van der Waals surface area contributed by atoms with Gasteiger partial charge in [0.15, 0.2) is 0 Å². The summed E-state index contributed by atoms with van der Waals surface area (Å²) in [7, 11) is -3.99. The monoisotopic (exact) mass is 497 g/mol. The second-order valence-corrected chi connectivity index (χ2v) is 9.93. The van der Waals surface area contributed by atoms with Crippen LogP contribution in [0.4, 0.5) is 10.1 Å². The molecule has 0 unspecified atom stereocenters. The van der Waals surface area contributed by atoms with Crippen LogP contribution in [0.3, 0.4) is 0 Å². The molecule has 0 bridgehead atoms. The van der Waals surface area contributed by atoms with Crippen LogP contribution in [0, 0.1) is 5.82 Å². The second-order valence-electron chi connectivity index (χ2n) is 7.58. The molecule has 10 heteroatoms. The first kappa shape index (κ1) is 26.6. The van der Waals surface area contributed by atoms with Gasteiger partial charge in [-0.15, -0.1) is 0 Å². The lowest BCUT2D eigenvalue weighted by atomic mass is 10.1. The van der Waals surface area contributed by atoms with E-state index in [4.69, 9.17) is 11.6 Å². The van der Waals surface area contributed by atoms with E-state index in [1.165, 1.54) is 23.1 Å². The van der Waals surface area contributed by atoms with Crippen LogP contribution in [0.25, 0.3) is 0 Å². The summed E-state index contributed by atoms with van der Waals surface area (Å²) in [6.45, 7) is 3.54. The Balaban J connectivity index is 2.42. The fourth-order valence-electron chi connectivity index (χ4n) is 3.32. The van der Waals surface area contributed by atoms with Gasteiger partial charge in [0, 0.05) is 18.1 Å². The molecule has 0 spiro atoms. The molecule has 7 nitrogen and oxygen atoms in total. The van der Waals surface area contributed by atoms with E-state index in [2.05, 4.69) is 5.32 Å². The number of benzene rings is 2. The Labute approximate surface area is 199 Å². The third-order valence-electron chi connectivity index (χ3n) is 5.00. The highest BCUT2D eigenvalue weighted by Gasteiger charge is 2.32. The fourth-order valence-corrected chi connectivity index (χ4v) is 4.30. The van der Waals surface area contributed by atoms with Crippen molar-refractivity contribution in [3.05, 3.63) is 64.9 Å². The number of anilines is 1. The summed E-state index contributed by atoms with van der Waals surface area (Å²) in [6.07, 6.45) is 1.94. The molecule has 0 aliphatic rings. The summed E-state index contributed by atoms with van der Waals surface area (Å²) in [5, 5.41) is 3.31. The molecule has 0 radical (unpaired) electrons. The number of hydrogen-bond acceptors (Lipinski definition) is 4. The number of halogens is 2. The third kappa shape index (κ3) is 7.43. The number of amides is 2. The second kappa shape index (κ2) is 12.0. The number of carbonyl (C=O) groups is 2. The molecule has 2 amide bonds. The van der Waals surface area contributed by atoms with Crippen LogP contribution in [0.5, 0.6) is 0 Å². The van der Waals surface area contributed by atoms with Gasteiger partial charge in [-0.1, -0.05) is 49.7 Å². The lowest BCUT2D eigenvalue weighted by Gasteiger charge is -2.33. The van der Waals surface area contributed by atoms with Crippen molar-refractivity contribution in [3.63, 3.8) is 0 Å². The van der Waals surface area contributed by atoms with Gasteiger partial charge in [0.2, 0.25) is 21.8 Å². The Morgan fingerprint density at radius 2 is 1.73 bits per heavy atom. The zero-order valence-corrected chi connectivity index (χ0v) is 20.5. The molecule has 33 heavy (non-hydrogen) atoms. The van der Waals surface area contributed by atoms with Gasteiger partial charge in [-0.2, -0.15) is 0 Å². The van der Waals surface area contributed by atoms with E-state index < -0.39 is 34.3 Å². The molecule has 0 aromatic heterocycles. The van der Waals surface area contributed by atoms with Crippen LogP contribution >= 0.6 is 11.6 Å². The van der Waals surface area contributed by atoms with Crippen LogP contribution in [0.2, 0.25) is 5.02 Å². The smallest absolute Gasteiger partial charge is 0.244 e. The average molecular weight is 498 g/mol. The van der Waals surface area contributed by atoms with Crippen LogP contribution in [0.15, 0.2) is 48.5 Å². The highest BCUT2D eigenvalue weighted by atomic mass is 35.5. The minimum atomic E-state index is -3.99. The van der Waals surface area contributed by atoms with Gasteiger partial charge in [0.1, 0.15) is 18.4 Å². The Kier molecular flexibility index (Phi) is 9.67. The number of carbonyl (C=O) groups excluding carboxylic acids is 2. The van der Waals surface area contributed by atoms with Gasteiger partial charge in [-0.3, -0.25) is 13.9 Å². The van der Waals surface area contributed by atoms with E-state index >= 15 is 0 Å². The molecule has 0 aliphatic heterocycles. The quantitative estimate of drug-likeness (QED) is 0.514. The van der Waals surface area contributed by atoms with Gasteiger partial charge in [-0.05, 0) is 42.7 Å². The Hall–Kier alpha value is -2.65. The lowest BCUT2D eigenvalue weighted by Crippen LogP contribution is -2.52. The van der Waals surface area contributed by atoms with Crippen molar-refractivity contribution in [2.45, 2.75) is 39.3 Å². The fraction of sp³-hybridized carbons (Fsp3) is 0.391. The van der Waals surface area contributed by atoms with E-state index in [-0.39, 0.29) is 18.1 Å².